The summed E-state index contributed by atoms with van der Waals surface area (Å²) in [6.45, 7) is 6.36. The monoisotopic (exact) mass is 309 g/mol. The maximum atomic E-state index is 5.26. The number of rotatable bonds is 2. The molecular weight excluding hydrogens is 294 g/mol. The topological polar surface area (TPSA) is 39.9 Å². The average molecular weight is 310 g/mol. The van der Waals surface area contributed by atoms with Gasteiger partial charge in [-0.25, -0.2) is 0 Å². The van der Waals surface area contributed by atoms with Gasteiger partial charge >= 0.3 is 0 Å². The van der Waals surface area contributed by atoms with Crippen molar-refractivity contribution < 1.29 is 4.74 Å². The zero-order chi connectivity index (χ0) is 13.3. The molecule has 0 fully saturated rings. The summed E-state index contributed by atoms with van der Waals surface area (Å²) in [6, 6.07) is 5.82. The molecule has 96 valence electrons. The van der Waals surface area contributed by atoms with E-state index in [2.05, 4.69) is 46.9 Å². The lowest BCUT2D eigenvalue weighted by Crippen LogP contribution is -2.22. The summed E-state index contributed by atoms with van der Waals surface area (Å²) in [6.07, 6.45) is 1.75. The summed E-state index contributed by atoms with van der Waals surface area (Å²) in [4.78, 5) is 0. The molecule has 5 heteroatoms. The third kappa shape index (κ3) is 2.41. The Morgan fingerprint density at radius 3 is 2.61 bits per heavy atom. The first-order valence-electron chi connectivity index (χ1n) is 5.68. The Labute approximate surface area is 115 Å². The molecule has 2 rings (SSSR count). The van der Waals surface area contributed by atoms with Gasteiger partial charge in [0, 0.05) is 15.6 Å². The fourth-order valence-corrected chi connectivity index (χ4v) is 2.14. The number of aromatic nitrogens is 3. The van der Waals surface area contributed by atoms with Gasteiger partial charge in [0.1, 0.15) is 12.1 Å². The Morgan fingerprint density at radius 2 is 2.00 bits per heavy atom. The lowest BCUT2D eigenvalue weighted by atomic mass is 10.1. The molecule has 0 aliphatic carbocycles. The second kappa shape index (κ2) is 4.72. The molecule has 0 aliphatic rings. The fourth-order valence-electron chi connectivity index (χ4n) is 1.71. The highest BCUT2D eigenvalue weighted by atomic mass is 79.9. The molecule has 0 saturated heterocycles. The molecule has 1 aromatic heterocycles. The molecule has 0 bridgehead atoms. The van der Waals surface area contributed by atoms with Crippen molar-refractivity contribution in [1.82, 2.24) is 14.8 Å². The Bertz CT molecular complexity index is 558. The van der Waals surface area contributed by atoms with Crippen molar-refractivity contribution in [2.45, 2.75) is 26.3 Å². The Morgan fingerprint density at radius 1 is 1.28 bits per heavy atom. The van der Waals surface area contributed by atoms with E-state index in [-0.39, 0.29) is 5.54 Å². The predicted molar refractivity (Wildman–Crippen MR) is 74.7 cm³/mol. The summed E-state index contributed by atoms with van der Waals surface area (Å²) in [5, 5.41) is 8.23. The molecule has 0 amide bonds. The van der Waals surface area contributed by atoms with Gasteiger partial charge in [0.15, 0.2) is 5.82 Å². The average Bonchev–Trinajstić information content (AvgIpc) is 2.78. The maximum Gasteiger partial charge on any atom is 0.165 e. The van der Waals surface area contributed by atoms with Crippen LogP contribution in [0.3, 0.4) is 0 Å². The Balaban J connectivity index is 2.59. The van der Waals surface area contributed by atoms with Crippen LogP contribution < -0.4 is 4.74 Å². The largest absolute Gasteiger partial charge is 0.497 e. The second-order valence-corrected chi connectivity index (χ2v) is 5.90. The minimum absolute atomic E-state index is 0.0681. The molecular formula is C13H16BrN3O. The van der Waals surface area contributed by atoms with Gasteiger partial charge in [-0.2, -0.15) is 0 Å². The number of nitrogens with zero attached hydrogens (tertiary/aromatic N) is 3. The van der Waals surface area contributed by atoms with Crippen molar-refractivity contribution >= 4 is 15.9 Å². The van der Waals surface area contributed by atoms with Crippen LogP contribution in [-0.4, -0.2) is 21.9 Å². The van der Waals surface area contributed by atoms with Crippen molar-refractivity contribution in [3.8, 4) is 17.1 Å². The van der Waals surface area contributed by atoms with Gasteiger partial charge in [0.2, 0.25) is 0 Å². The number of hydrogen-bond acceptors (Lipinski definition) is 3. The smallest absolute Gasteiger partial charge is 0.165 e. The molecule has 1 heterocycles. The molecule has 0 radical (unpaired) electrons. The van der Waals surface area contributed by atoms with E-state index in [1.165, 1.54) is 0 Å². The number of halogens is 1. The molecule has 0 atom stereocenters. The predicted octanol–water partition coefficient (Wildman–Crippen LogP) is 3.47. The number of benzene rings is 1. The van der Waals surface area contributed by atoms with Crippen molar-refractivity contribution in [3.05, 3.63) is 29.0 Å². The molecule has 4 nitrogen and oxygen atoms in total. The van der Waals surface area contributed by atoms with Crippen LogP contribution in [0.25, 0.3) is 11.4 Å². The number of hydrogen-bond donors (Lipinski definition) is 0. The summed E-state index contributed by atoms with van der Waals surface area (Å²) >= 11 is 3.55. The van der Waals surface area contributed by atoms with Gasteiger partial charge in [-0.1, -0.05) is 15.9 Å². The van der Waals surface area contributed by atoms with Gasteiger partial charge in [0.25, 0.3) is 0 Å². The Hall–Kier alpha value is -1.36. The molecule has 0 N–H and O–H groups in total. The van der Waals surface area contributed by atoms with Crippen LogP contribution in [0.1, 0.15) is 20.8 Å². The van der Waals surface area contributed by atoms with Gasteiger partial charge in [0.05, 0.1) is 7.11 Å². The van der Waals surface area contributed by atoms with E-state index in [0.29, 0.717) is 0 Å². The normalized spacial score (nSPS) is 11.6. The van der Waals surface area contributed by atoms with Gasteiger partial charge in [-0.3, -0.25) is 0 Å². The number of ether oxygens (including phenoxy) is 1. The van der Waals surface area contributed by atoms with Gasteiger partial charge < -0.3 is 9.30 Å². The number of methoxy groups -OCH3 is 1. The minimum Gasteiger partial charge on any atom is -0.497 e. The minimum atomic E-state index is -0.0681. The van der Waals surface area contributed by atoms with E-state index < -0.39 is 0 Å². The van der Waals surface area contributed by atoms with Crippen LogP contribution in [0.2, 0.25) is 0 Å². The highest BCUT2D eigenvalue weighted by molar-refractivity contribution is 9.10. The quantitative estimate of drug-likeness (QED) is 0.852. The van der Waals surface area contributed by atoms with Crippen LogP contribution in [-0.2, 0) is 5.54 Å². The standard InChI is InChI=1S/C13H16BrN3O/c1-13(2,3)17-8-15-16-12(17)10-7-9(18-4)5-6-11(10)14/h5-8H,1-4H3. The van der Waals surface area contributed by atoms with E-state index in [9.17, 15) is 0 Å². The third-order valence-electron chi connectivity index (χ3n) is 2.68. The van der Waals surface area contributed by atoms with E-state index in [1.807, 2.05) is 22.8 Å². The Kier molecular flexibility index (Phi) is 3.43. The van der Waals surface area contributed by atoms with Crippen LogP contribution in [0.5, 0.6) is 5.75 Å². The molecule has 18 heavy (non-hydrogen) atoms. The van der Waals surface area contributed by atoms with Crippen molar-refractivity contribution in [3.63, 3.8) is 0 Å². The molecule has 0 spiro atoms. The van der Waals surface area contributed by atoms with Crippen LogP contribution in [0, 0.1) is 0 Å². The zero-order valence-electron chi connectivity index (χ0n) is 10.9. The third-order valence-corrected chi connectivity index (χ3v) is 3.38. The zero-order valence-corrected chi connectivity index (χ0v) is 12.5. The van der Waals surface area contributed by atoms with Crippen LogP contribution in [0.15, 0.2) is 29.0 Å². The highest BCUT2D eigenvalue weighted by Crippen LogP contribution is 2.32. The van der Waals surface area contributed by atoms with Gasteiger partial charge in [-0.05, 0) is 39.0 Å². The van der Waals surface area contributed by atoms with Crippen molar-refractivity contribution in [2.24, 2.45) is 0 Å². The molecule has 0 unspecified atom stereocenters. The lowest BCUT2D eigenvalue weighted by molar-refractivity contribution is 0.399. The summed E-state index contributed by atoms with van der Waals surface area (Å²) in [5.41, 5.74) is 0.906. The summed E-state index contributed by atoms with van der Waals surface area (Å²) in [5.74, 6) is 1.63. The summed E-state index contributed by atoms with van der Waals surface area (Å²) in [7, 11) is 1.65. The first-order valence-corrected chi connectivity index (χ1v) is 6.47. The summed E-state index contributed by atoms with van der Waals surface area (Å²) < 4.78 is 8.28. The molecule has 1 aromatic carbocycles. The maximum absolute atomic E-state index is 5.26. The van der Waals surface area contributed by atoms with E-state index >= 15 is 0 Å². The van der Waals surface area contributed by atoms with E-state index in [1.54, 1.807) is 13.4 Å². The first-order chi connectivity index (χ1) is 8.43. The van der Waals surface area contributed by atoms with Crippen LogP contribution in [0.4, 0.5) is 0 Å². The van der Waals surface area contributed by atoms with Gasteiger partial charge in [-0.15, -0.1) is 10.2 Å². The SMILES string of the molecule is COc1ccc(Br)c(-c2nncn2C(C)(C)C)c1. The molecule has 0 saturated carbocycles. The first kappa shape index (κ1) is 13.1. The second-order valence-electron chi connectivity index (χ2n) is 5.04. The van der Waals surface area contributed by atoms with E-state index in [4.69, 9.17) is 4.74 Å². The van der Waals surface area contributed by atoms with E-state index in [0.717, 1.165) is 21.6 Å². The van der Waals surface area contributed by atoms with Crippen molar-refractivity contribution in [1.29, 1.82) is 0 Å². The molecule has 0 aliphatic heterocycles. The lowest BCUT2D eigenvalue weighted by Gasteiger charge is -2.22. The fraction of sp³-hybridized carbons (Fsp3) is 0.385. The van der Waals surface area contributed by atoms with Crippen LogP contribution >= 0.6 is 15.9 Å². The molecule has 2 aromatic rings. The van der Waals surface area contributed by atoms with Crippen molar-refractivity contribution in [2.75, 3.05) is 7.11 Å². The highest BCUT2D eigenvalue weighted by Gasteiger charge is 2.20.